The first-order valence-electron chi connectivity index (χ1n) is 6.86. The monoisotopic (exact) mass is 223 g/mol. The minimum Gasteiger partial charge on any atom is -0.310 e. The Hall–Kier alpha value is -0.300. The van der Waals surface area contributed by atoms with E-state index in [2.05, 4.69) is 46.0 Å². The molecule has 0 aromatic rings. The molecule has 1 aliphatic carbocycles. The molecule has 0 radical (unpaired) electrons. The van der Waals surface area contributed by atoms with Crippen molar-refractivity contribution in [2.24, 2.45) is 11.3 Å². The smallest absolute Gasteiger partial charge is 0.0285 e. The van der Waals surface area contributed by atoms with Gasteiger partial charge in [0.25, 0.3) is 0 Å². The molecule has 1 saturated carbocycles. The Morgan fingerprint density at radius 3 is 2.56 bits per heavy atom. The largest absolute Gasteiger partial charge is 0.310 e. The maximum Gasteiger partial charge on any atom is 0.0285 e. The van der Waals surface area contributed by atoms with Gasteiger partial charge in [-0.1, -0.05) is 38.8 Å². The summed E-state index contributed by atoms with van der Waals surface area (Å²) in [6.45, 7) is 12.7. The Labute approximate surface area is 102 Å². The summed E-state index contributed by atoms with van der Waals surface area (Å²) in [6.07, 6.45) is 7.84. The number of nitrogens with one attached hydrogen (secondary N) is 1. The second-order valence-electron chi connectivity index (χ2n) is 6.21. The van der Waals surface area contributed by atoms with Crippen LogP contribution in [0.15, 0.2) is 11.6 Å². The highest BCUT2D eigenvalue weighted by Crippen LogP contribution is 2.44. The number of allylic oxidation sites excluding steroid dienone is 1. The minimum atomic E-state index is 0.511. The highest BCUT2D eigenvalue weighted by atomic mass is 14.9. The predicted molar refractivity (Wildman–Crippen MR) is 72.6 cm³/mol. The van der Waals surface area contributed by atoms with Crippen LogP contribution in [0.5, 0.6) is 0 Å². The lowest BCUT2D eigenvalue weighted by Gasteiger charge is -2.33. The number of rotatable bonds is 5. The van der Waals surface area contributed by atoms with Crippen molar-refractivity contribution in [1.82, 2.24) is 5.32 Å². The summed E-state index contributed by atoms with van der Waals surface area (Å²) in [7, 11) is 0. The van der Waals surface area contributed by atoms with Gasteiger partial charge in [0.1, 0.15) is 0 Å². The molecule has 1 N–H and O–H groups in total. The molecule has 0 bridgehead atoms. The highest BCUT2D eigenvalue weighted by molar-refractivity contribution is 5.07. The maximum atomic E-state index is 3.72. The number of hydrogen-bond donors (Lipinski definition) is 1. The molecular formula is C15H29N. The molecule has 1 nitrogen and oxygen atoms in total. The van der Waals surface area contributed by atoms with Gasteiger partial charge in [-0.25, -0.2) is 0 Å². The molecule has 94 valence electrons. The number of hydrogen-bond acceptors (Lipinski definition) is 1. The van der Waals surface area contributed by atoms with E-state index in [1.165, 1.54) is 31.3 Å². The van der Waals surface area contributed by atoms with Crippen molar-refractivity contribution >= 4 is 0 Å². The summed E-state index contributed by atoms with van der Waals surface area (Å²) >= 11 is 0. The molecular weight excluding hydrogens is 194 g/mol. The van der Waals surface area contributed by atoms with Gasteiger partial charge in [0.2, 0.25) is 0 Å². The van der Waals surface area contributed by atoms with Crippen molar-refractivity contribution in [3.63, 3.8) is 0 Å². The van der Waals surface area contributed by atoms with Crippen LogP contribution in [0, 0.1) is 11.3 Å². The Morgan fingerprint density at radius 2 is 2.12 bits per heavy atom. The lowest BCUT2D eigenvalue weighted by Crippen LogP contribution is -2.40. The van der Waals surface area contributed by atoms with Crippen molar-refractivity contribution in [2.45, 2.75) is 66.3 Å². The first kappa shape index (κ1) is 13.8. The Kier molecular flexibility index (Phi) is 5.04. The van der Waals surface area contributed by atoms with Crippen molar-refractivity contribution in [1.29, 1.82) is 0 Å². The maximum absolute atomic E-state index is 3.72. The van der Waals surface area contributed by atoms with E-state index in [1.54, 1.807) is 0 Å². The lowest BCUT2D eigenvalue weighted by molar-refractivity contribution is 0.220. The molecule has 1 fully saturated rings. The average Bonchev–Trinajstić information content (AvgIpc) is 2.52. The molecule has 0 spiro atoms. The fourth-order valence-electron chi connectivity index (χ4n) is 3.01. The highest BCUT2D eigenvalue weighted by Gasteiger charge is 2.38. The Balaban J connectivity index is 2.71. The SMILES string of the molecule is CCCNC(C=C(C)C)C1CCCC1(C)C. The molecule has 1 heteroatoms. The van der Waals surface area contributed by atoms with E-state index in [0.29, 0.717) is 11.5 Å². The van der Waals surface area contributed by atoms with Gasteiger partial charge in [-0.3, -0.25) is 0 Å². The third-order valence-electron chi connectivity index (χ3n) is 3.92. The van der Waals surface area contributed by atoms with Crippen LogP contribution in [0.2, 0.25) is 0 Å². The lowest BCUT2D eigenvalue weighted by atomic mass is 9.77. The molecule has 0 heterocycles. The minimum absolute atomic E-state index is 0.511. The van der Waals surface area contributed by atoms with Gasteiger partial charge in [0, 0.05) is 6.04 Å². The molecule has 0 aromatic carbocycles. The normalized spacial score (nSPS) is 25.4. The Morgan fingerprint density at radius 1 is 1.44 bits per heavy atom. The molecule has 0 aromatic heterocycles. The summed E-state index contributed by atoms with van der Waals surface area (Å²) in [5.74, 6) is 0.814. The van der Waals surface area contributed by atoms with Crippen molar-refractivity contribution in [2.75, 3.05) is 6.54 Å². The van der Waals surface area contributed by atoms with Gasteiger partial charge in [-0.05, 0) is 51.0 Å². The van der Waals surface area contributed by atoms with Crippen molar-refractivity contribution < 1.29 is 0 Å². The van der Waals surface area contributed by atoms with Crippen LogP contribution in [-0.4, -0.2) is 12.6 Å². The first-order chi connectivity index (χ1) is 7.47. The van der Waals surface area contributed by atoms with Crippen LogP contribution in [0.25, 0.3) is 0 Å². The van der Waals surface area contributed by atoms with Gasteiger partial charge < -0.3 is 5.32 Å². The zero-order valence-electron chi connectivity index (χ0n) is 11.8. The predicted octanol–water partition coefficient (Wildman–Crippen LogP) is 4.15. The van der Waals surface area contributed by atoms with E-state index >= 15 is 0 Å². The molecule has 0 saturated heterocycles. The summed E-state index contributed by atoms with van der Waals surface area (Å²) in [4.78, 5) is 0. The third kappa shape index (κ3) is 3.62. The second kappa shape index (κ2) is 5.86. The van der Waals surface area contributed by atoms with E-state index in [1.807, 2.05) is 0 Å². The van der Waals surface area contributed by atoms with Crippen LogP contribution in [0.1, 0.15) is 60.3 Å². The summed E-state index contributed by atoms with van der Waals surface area (Å²) < 4.78 is 0. The quantitative estimate of drug-likeness (QED) is 0.691. The zero-order valence-corrected chi connectivity index (χ0v) is 11.8. The van der Waals surface area contributed by atoms with Crippen LogP contribution in [0.4, 0.5) is 0 Å². The molecule has 1 aliphatic rings. The van der Waals surface area contributed by atoms with Gasteiger partial charge in [-0.15, -0.1) is 0 Å². The van der Waals surface area contributed by atoms with Crippen LogP contribution >= 0.6 is 0 Å². The van der Waals surface area contributed by atoms with Crippen molar-refractivity contribution in [3.8, 4) is 0 Å². The fourth-order valence-corrected chi connectivity index (χ4v) is 3.01. The standard InChI is InChI=1S/C15H29N/c1-6-10-16-14(11-12(2)3)13-8-7-9-15(13,4)5/h11,13-14,16H,6-10H2,1-5H3. The van der Waals surface area contributed by atoms with Crippen LogP contribution in [0.3, 0.4) is 0 Å². The molecule has 2 atom stereocenters. The zero-order chi connectivity index (χ0) is 12.2. The van der Waals surface area contributed by atoms with E-state index < -0.39 is 0 Å². The summed E-state index contributed by atoms with van der Waals surface area (Å²) in [5.41, 5.74) is 1.95. The summed E-state index contributed by atoms with van der Waals surface area (Å²) in [6, 6.07) is 0.586. The molecule has 1 rings (SSSR count). The van der Waals surface area contributed by atoms with Gasteiger partial charge in [0.15, 0.2) is 0 Å². The van der Waals surface area contributed by atoms with Gasteiger partial charge >= 0.3 is 0 Å². The van der Waals surface area contributed by atoms with Gasteiger partial charge in [0.05, 0.1) is 0 Å². The molecule has 2 unspecified atom stereocenters. The van der Waals surface area contributed by atoms with E-state index in [-0.39, 0.29) is 0 Å². The first-order valence-corrected chi connectivity index (χ1v) is 6.86. The van der Waals surface area contributed by atoms with E-state index in [0.717, 1.165) is 12.5 Å². The van der Waals surface area contributed by atoms with E-state index in [9.17, 15) is 0 Å². The molecule has 16 heavy (non-hydrogen) atoms. The summed E-state index contributed by atoms with van der Waals surface area (Å²) in [5, 5.41) is 3.72. The van der Waals surface area contributed by atoms with Crippen LogP contribution in [-0.2, 0) is 0 Å². The Bertz CT molecular complexity index is 236. The molecule has 0 aliphatic heterocycles. The average molecular weight is 223 g/mol. The fraction of sp³-hybridized carbons (Fsp3) is 0.867. The second-order valence-corrected chi connectivity index (χ2v) is 6.21. The topological polar surface area (TPSA) is 12.0 Å². The van der Waals surface area contributed by atoms with Crippen LogP contribution < -0.4 is 5.32 Å². The van der Waals surface area contributed by atoms with Crippen molar-refractivity contribution in [3.05, 3.63) is 11.6 Å². The molecule has 0 amide bonds. The third-order valence-corrected chi connectivity index (χ3v) is 3.92. The van der Waals surface area contributed by atoms with Gasteiger partial charge in [-0.2, -0.15) is 0 Å². The van der Waals surface area contributed by atoms with E-state index in [4.69, 9.17) is 0 Å².